The monoisotopic (exact) mass is 165 g/mol. The van der Waals surface area contributed by atoms with Crippen molar-refractivity contribution in [1.82, 2.24) is 0 Å². The molecular weight excluding hydrogens is 157 g/mol. The van der Waals surface area contributed by atoms with Gasteiger partial charge in [-0.1, -0.05) is 12.1 Å². The van der Waals surface area contributed by atoms with Gasteiger partial charge >= 0.3 is 51.4 Å². The van der Waals surface area contributed by atoms with Crippen molar-refractivity contribution in [2.45, 2.75) is 4.90 Å². The molecule has 0 unspecified atom stereocenters. The molecule has 1 aromatic carbocycles. The molecule has 3 heteroatoms. The Balaban J connectivity index is 0. The van der Waals surface area contributed by atoms with Crippen LogP contribution in [0.3, 0.4) is 0 Å². The number of nitrogens with two attached hydrogens (primary N) is 1. The van der Waals surface area contributed by atoms with Crippen molar-refractivity contribution < 1.29 is 52.8 Å². The number of benzene rings is 1. The summed E-state index contributed by atoms with van der Waals surface area (Å²) in [5, 5.41) is 0. The zero-order valence-electron chi connectivity index (χ0n) is 6.33. The molecule has 0 fully saturated rings. The van der Waals surface area contributed by atoms with Crippen LogP contribution in [0.25, 0.3) is 0 Å². The van der Waals surface area contributed by atoms with Crippen LogP contribution in [0.1, 0.15) is 1.43 Å². The average Bonchev–Trinajstić information content (AvgIpc) is 1.77. The molecule has 0 aliphatic carbocycles. The fourth-order valence-corrected chi connectivity index (χ4v) is 0.648. The maximum atomic E-state index is 5.44. The van der Waals surface area contributed by atoms with Gasteiger partial charge in [0.05, 0.1) is 0 Å². The Hall–Kier alpha value is 1.01. The number of nitrogen functional groups attached to an aromatic ring is 1. The number of hydrogen-bond donors (Lipinski definition) is 2. The first-order valence-electron chi connectivity index (χ1n) is 2.34. The van der Waals surface area contributed by atoms with Crippen molar-refractivity contribution in [1.29, 1.82) is 0 Å². The Bertz CT molecular complexity index is 174. The van der Waals surface area contributed by atoms with Gasteiger partial charge in [0.25, 0.3) is 0 Å². The van der Waals surface area contributed by atoms with Crippen LogP contribution in [0.15, 0.2) is 29.2 Å². The number of rotatable bonds is 0. The van der Waals surface area contributed by atoms with Gasteiger partial charge < -0.3 is 7.16 Å². The number of anilines is 1. The summed E-state index contributed by atoms with van der Waals surface area (Å²) in [4.78, 5) is 0.840. The molecule has 44 valence electrons. The van der Waals surface area contributed by atoms with Crippen molar-refractivity contribution in [2.75, 3.05) is 5.73 Å². The quantitative estimate of drug-likeness (QED) is 0.278. The molecule has 0 bridgehead atoms. The van der Waals surface area contributed by atoms with E-state index in [1.807, 2.05) is 24.3 Å². The van der Waals surface area contributed by atoms with Crippen LogP contribution < -0.4 is 57.1 Å². The van der Waals surface area contributed by atoms with Crippen molar-refractivity contribution in [3.8, 4) is 0 Å². The third-order valence-electron chi connectivity index (χ3n) is 0.937. The van der Waals surface area contributed by atoms with Crippen LogP contribution in [0.2, 0.25) is 0 Å². The minimum Gasteiger partial charge on any atom is -1.00 e. The van der Waals surface area contributed by atoms with Crippen molar-refractivity contribution in [3.05, 3.63) is 24.3 Å². The van der Waals surface area contributed by atoms with E-state index in [0.717, 1.165) is 10.6 Å². The molecule has 0 saturated heterocycles. The maximum Gasteiger partial charge on any atom is 1.00 e. The summed E-state index contributed by atoms with van der Waals surface area (Å²) >= 11 is 4.07. The van der Waals surface area contributed by atoms with Gasteiger partial charge in [-0.2, -0.15) is 0 Å². The molecule has 0 aromatic heterocycles. The minimum atomic E-state index is 0. The van der Waals surface area contributed by atoms with E-state index in [2.05, 4.69) is 12.6 Å². The third kappa shape index (κ3) is 3.07. The van der Waals surface area contributed by atoms with E-state index < -0.39 is 0 Å². The van der Waals surface area contributed by atoms with E-state index >= 15 is 0 Å². The van der Waals surface area contributed by atoms with Crippen molar-refractivity contribution in [3.63, 3.8) is 0 Å². The molecule has 2 N–H and O–H groups in total. The summed E-state index contributed by atoms with van der Waals surface area (Å²) in [7, 11) is 0. The van der Waals surface area contributed by atoms with Crippen molar-refractivity contribution >= 4 is 18.3 Å². The molecule has 0 aliphatic rings. The van der Waals surface area contributed by atoms with Gasteiger partial charge in [0.15, 0.2) is 0 Å². The largest absolute Gasteiger partial charge is 1.00 e. The van der Waals surface area contributed by atoms with E-state index in [9.17, 15) is 0 Å². The van der Waals surface area contributed by atoms with Gasteiger partial charge in [-0.3, -0.25) is 0 Å². The average molecular weight is 165 g/mol. The number of hydrogen-bond acceptors (Lipinski definition) is 2. The number of thiol groups is 1. The summed E-state index contributed by atoms with van der Waals surface area (Å²) < 4.78 is 0. The first-order chi connectivity index (χ1) is 3.80. The maximum absolute atomic E-state index is 5.44. The van der Waals surface area contributed by atoms with Crippen LogP contribution in [-0.2, 0) is 0 Å². The molecule has 0 spiro atoms. The SMILES string of the molecule is Nc1ccccc1S.[H-].[K+]. The normalized spacial score (nSPS) is 8.11. The van der Waals surface area contributed by atoms with E-state index in [1.54, 1.807) is 0 Å². The Kier molecular flexibility index (Phi) is 5.30. The Labute approximate surface area is 104 Å². The number of para-hydroxylation sites is 1. The predicted molar refractivity (Wildman–Crippen MR) is 39.2 cm³/mol. The fourth-order valence-electron chi connectivity index (χ4n) is 0.488. The second-order valence-corrected chi connectivity index (χ2v) is 2.04. The summed E-state index contributed by atoms with van der Waals surface area (Å²) in [5.74, 6) is 0. The Morgan fingerprint density at radius 3 is 2.22 bits per heavy atom. The molecule has 0 amide bonds. The van der Waals surface area contributed by atoms with E-state index in [4.69, 9.17) is 5.73 Å². The third-order valence-corrected chi connectivity index (χ3v) is 1.34. The molecule has 1 aromatic rings. The first kappa shape index (κ1) is 10.0. The zero-order valence-corrected chi connectivity index (χ0v) is 9.35. The van der Waals surface area contributed by atoms with Gasteiger partial charge in [0.2, 0.25) is 0 Å². The second-order valence-electron chi connectivity index (χ2n) is 1.56. The summed E-state index contributed by atoms with van der Waals surface area (Å²) in [6, 6.07) is 7.47. The summed E-state index contributed by atoms with van der Waals surface area (Å²) in [6.45, 7) is 0. The first-order valence-corrected chi connectivity index (χ1v) is 2.79. The van der Waals surface area contributed by atoms with Crippen molar-refractivity contribution in [2.24, 2.45) is 0 Å². The second kappa shape index (κ2) is 4.77. The fraction of sp³-hybridized carbons (Fsp3) is 0. The van der Waals surface area contributed by atoms with Gasteiger partial charge in [-0.25, -0.2) is 0 Å². The van der Waals surface area contributed by atoms with E-state index in [1.165, 1.54) is 0 Å². The summed E-state index contributed by atoms with van der Waals surface area (Å²) in [6.07, 6.45) is 0. The molecule has 0 atom stereocenters. The predicted octanol–water partition coefficient (Wildman–Crippen LogP) is -1.33. The molecular formula is C6H8KNS. The van der Waals surface area contributed by atoms with Crippen LogP contribution in [-0.4, -0.2) is 0 Å². The summed E-state index contributed by atoms with van der Waals surface area (Å²) in [5.41, 5.74) is 6.18. The molecule has 0 radical (unpaired) electrons. The Morgan fingerprint density at radius 1 is 1.33 bits per heavy atom. The molecule has 9 heavy (non-hydrogen) atoms. The Morgan fingerprint density at radius 2 is 1.89 bits per heavy atom. The topological polar surface area (TPSA) is 26.0 Å². The smallest absolute Gasteiger partial charge is 1.00 e. The minimum absolute atomic E-state index is 0. The molecule has 0 saturated carbocycles. The van der Waals surface area contributed by atoms with E-state index in [0.29, 0.717) is 0 Å². The molecule has 1 rings (SSSR count). The van der Waals surface area contributed by atoms with E-state index in [-0.39, 0.29) is 52.8 Å². The van der Waals surface area contributed by atoms with Gasteiger partial charge in [-0.05, 0) is 12.1 Å². The van der Waals surface area contributed by atoms with Gasteiger partial charge in [0, 0.05) is 10.6 Å². The van der Waals surface area contributed by atoms with Crippen LogP contribution >= 0.6 is 12.6 Å². The zero-order chi connectivity index (χ0) is 5.98. The van der Waals surface area contributed by atoms with Crippen LogP contribution in [0.5, 0.6) is 0 Å². The van der Waals surface area contributed by atoms with Gasteiger partial charge in [0.1, 0.15) is 0 Å². The van der Waals surface area contributed by atoms with Gasteiger partial charge in [-0.15, -0.1) is 12.6 Å². The molecule has 1 nitrogen and oxygen atoms in total. The standard InChI is InChI=1S/C6H7NS.K.H/c7-5-3-1-2-4-6(5)8;;/h1-4,8H,7H2;;/q;+1;-1. The van der Waals surface area contributed by atoms with Crippen LogP contribution in [0.4, 0.5) is 5.69 Å². The molecule has 0 heterocycles. The molecule has 0 aliphatic heterocycles. The van der Waals surface area contributed by atoms with Crippen LogP contribution in [0, 0.1) is 0 Å².